The molecule has 17 heavy (non-hydrogen) atoms. The fraction of sp³-hybridized carbons (Fsp3) is 0. The van der Waals surface area contributed by atoms with Crippen molar-refractivity contribution in [2.24, 2.45) is 0 Å². The van der Waals surface area contributed by atoms with E-state index in [1.165, 1.54) is 6.07 Å². The van der Waals surface area contributed by atoms with Gasteiger partial charge in [-0.25, -0.2) is 0 Å². The van der Waals surface area contributed by atoms with Crippen molar-refractivity contribution in [1.82, 2.24) is 4.98 Å². The molecule has 86 valence electrons. The zero-order chi connectivity index (χ0) is 11.1. The van der Waals surface area contributed by atoms with E-state index in [9.17, 15) is 9.90 Å². The number of aromatic nitrogens is 1. The van der Waals surface area contributed by atoms with E-state index in [-0.39, 0.29) is 23.6 Å². The van der Waals surface area contributed by atoms with Gasteiger partial charge >= 0.3 is 0 Å². The number of rotatable bonds is 0. The molecule has 0 aliphatic rings. The molecule has 0 spiro atoms. The first-order valence-electron chi connectivity index (χ1n) is 4.99. The van der Waals surface area contributed by atoms with Crippen LogP contribution < -0.4 is 5.43 Å². The summed E-state index contributed by atoms with van der Waals surface area (Å²) in [7, 11) is 0. The first kappa shape index (κ1) is 11.5. The van der Waals surface area contributed by atoms with E-state index in [2.05, 4.69) is 4.98 Å². The van der Waals surface area contributed by atoms with Crippen molar-refractivity contribution in [1.29, 1.82) is 0 Å². The van der Waals surface area contributed by atoms with Gasteiger partial charge in [0.2, 0.25) is 5.43 Å². The van der Waals surface area contributed by atoms with Crippen molar-refractivity contribution < 1.29 is 5.11 Å². The van der Waals surface area contributed by atoms with Gasteiger partial charge in [0.05, 0.1) is 0 Å². The van der Waals surface area contributed by atoms with Gasteiger partial charge in [-0.2, -0.15) is 0 Å². The summed E-state index contributed by atoms with van der Waals surface area (Å²) in [5.74, 6) is -0.202. The molecule has 0 saturated carbocycles. The number of benzene rings is 2. The molecule has 1 aromatic heterocycles. The topological polar surface area (TPSA) is 53.1 Å². The highest BCUT2D eigenvalue weighted by Gasteiger charge is 2.04. The van der Waals surface area contributed by atoms with Crippen LogP contribution in [0.2, 0.25) is 0 Å². The van der Waals surface area contributed by atoms with E-state index >= 15 is 0 Å². The minimum Gasteiger partial charge on any atom is -0.504 e. The van der Waals surface area contributed by atoms with Gasteiger partial charge in [0.15, 0.2) is 5.75 Å². The predicted molar refractivity (Wildman–Crippen MR) is 71.0 cm³/mol. The maximum absolute atomic E-state index is 11.7. The highest BCUT2D eigenvalue weighted by molar-refractivity contribution is 5.96. The molecule has 3 rings (SSSR count). The van der Waals surface area contributed by atoms with Crippen LogP contribution in [0.1, 0.15) is 0 Å². The number of aromatic amines is 1. The van der Waals surface area contributed by atoms with Gasteiger partial charge in [-0.05, 0) is 35.0 Å². The largest absolute Gasteiger partial charge is 0.504 e. The van der Waals surface area contributed by atoms with Crippen molar-refractivity contribution >= 4 is 34.1 Å². The molecule has 4 heteroatoms. The number of phenols is 1. The molecule has 0 fully saturated rings. The van der Waals surface area contributed by atoms with Crippen molar-refractivity contribution in [3.63, 3.8) is 0 Å². The summed E-state index contributed by atoms with van der Waals surface area (Å²) in [5, 5.41) is 11.7. The SMILES string of the molecule is Cl.O=c1c(O)ccc2cc3[nH]cccc3cc12. The fourth-order valence-corrected chi connectivity index (χ4v) is 1.90. The van der Waals surface area contributed by atoms with Crippen LogP contribution in [-0.2, 0) is 0 Å². The third-order valence-electron chi connectivity index (χ3n) is 2.73. The molecule has 1 heterocycles. The third kappa shape index (κ3) is 1.74. The Hall–Kier alpha value is -2.00. The Morgan fingerprint density at radius 2 is 1.88 bits per heavy atom. The summed E-state index contributed by atoms with van der Waals surface area (Å²) in [6.45, 7) is 0. The van der Waals surface area contributed by atoms with Crippen molar-refractivity contribution in [2.45, 2.75) is 0 Å². The van der Waals surface area contributed by atoms with Crippen molar-refractivity contribution in [3.05, 3.63) is 52.8 Å². The van der Waals surface area contributed by atoms with E-state index in [4.69, 9.17) is 0 Å². The molecule has 0 radical (unpaired) electrons. The van der Waals surface area contributed by atoms with E-state index in [0.29, 0.717) is 5.39 Å². The van der Waals surface area contributed by atoms with Crippen LogP contribution in [0, 0.1) is 0 Å². The molecule has 3 nitrogen and oxygen atoms in total. The molecule has 2 aromatic carbocycles. The molecule has 0 saturated heterocycles. The van der Waals surface area contributed by atoms with Gasteiger partial charge in [-0.3, -0.25) is 4.79 Å². The second-order valence-electron chi connectivity index (χ2n) is 3.74. The van der Waals surface area contributed by atoms with Crippen LogP contribution in [0.15, 0.2) is 47.4 Å². The van der Waals surface area contributed by atoms with E-state index in [1.54, 1.807) is 12.1 Å². The second-order valence-corrected chi connectivity index (χ2v) is 3.74. The van der Waals surface area contributed by atoms with Crippen LogP contribution in [0.25, 0.3) is 21.7 Å². The molecular formula is C13H10ClNO2. The normalized spacial score (nSPS) is 10.4. The Balaban J connectivity index is 0.00000108. The monoisotopic (exact) mass is 247 g/mol. The summed E-state index contributed by atoms with van der Waals surface area (Å²) in [4.78, 5) is 14.8. The van der Waals surface area contributed by atoms with Gasteiger partial charge in [0.25, 0.3) is 0 Å². The number of nitrogens with one attached hydrogen (secondary N) is 1. The molecule has 3 aromatic rings. The Kier molecular flexibility index (Phi) is 2.77. The van der Waals surface area contributed by atoms with Crippen LogP contribution in [-0.4, -0.2) is 10.1 Å². The molecule has 0 atom stereocenters. The lowest BCUT2D eigenvalue weighted by atomic mass is 10.1. The number of fused-ring (bicyclic) bond motifs is 2. The third-order valence-corrected chi connectivity index (χ3v) is 2.73. The van der Waals surface area contributed by atoms with Crippen LogP contribution in [0.4, 0.5) is 0 Å². The number of aromatic hydroxyl groups is 1. The summed E-state index contributed by atoms with van der Waals surface area (Å²) in [6, 6.07) is 10.7. The number of phenolic OH excluding ortho intramolecular Hbond substituents is 1. The minimum absolute atomic E-state index is 0. The Morgan fingerprint density at radius 3 is 2.71 bits per heavy atom. The van der Waals surface area contributed by atoms with Gasteiger partial charge in [0.1, 0.15) is 0 Å². The van der Waals surface area contributed by atoms with Crippen LogP contribution in [0.3, 0.4) is 0 Å². The second kappa shape index (κ2) is 4.11. The zero-order valence-corrected chi connectivity index (χ0v) is 9.62. The van der Waals surface area contributed by atoms with E-state index < -0.39 is 0 Å². The van der Waals surface area contributed by atoms with Gasteiger partial charge in [-0.1, -0.05) is 12.1 Å². The molecular weight excluding hydrogens is 238 g/mol. The quantitative estimate of drug-likeness (QED) is 0.600. The smallest absolute Gasteiger partial charge is 0.227 e. The maximum Gasteiger partial charge on any atom is 0.227 e. The molecule has 0 unspecified atom stereocenters. The number of hydrogen-bond donors (Lipinski definition) is 2. The molecule has 2 N–H and O–H groups in total. The van der Waals surface area contributed by atoms with Crippen LogP contribution in [0.5, 0.6) is 5.75 Å². The number of hydrogen-bond acceptors (Lipinski definition) is 2. The predicted octanol–water partition coefficient (Wildman–Crippen LogP) is 2.81. The first-order valence-corrected chi connectivity index (χ1v) is 4.99. The maximum atomic E-state index is 11.7. The highest BCUT2D eigenvalue weighted by atomic mass is 35.5. The molecule has 0 aliphatic carbocycles. The molecule has 0 amide bonds. The lowest BCUT2D eigenvalue weighted by Gasteiger charge is -2.01. The van der Waals surface area contributed by atoms with E-state index in [1.807, 2.05) is 24.4 Å². The summed E-state index contributed by atoms with van der Waals surface area (Å²) < 4.78 is 0. The van der Waals surface area contributed by atoms with Gasteiger partial charge in [0, 0.05) is 17.1 Å². The average Bonchev–Trinajstić information content (AvgIpc) is 2.32. The zero-order valence-electron chi connectivity index (χ0n) is 8.81. The number of halogens is 1. The summed E-state index contributed by atoms with van der Waals surface area (Å²) >= 11 is 0. The Bertz CT molecular complexity index is 749. The fourth-order valence-electron chi connectivity index (χ4n) is 1.90. The Morgan fingerprint density at radius 1 is 1.06 bits per heavy atom. The minimum atomic E-state index is -0.316. The highest BCUT2D eigenvalue weighted by Crippen LogP contribution is 2.20. The first-order chi connectivity index (χ1) is 7.75. The lowest BCUT2D eigenvalue weighted by molar-refractivity contribution is 0.471. The number of pyridine rings is 1. The van der Waals surface area contributed by atoms with Crippen molar-refractivity contribution in [3.8, 4) is 5.75 Å². The van der Waals surface area contributed by atoms with Gasteiger partial charge in [-0.15, -0.1) is 12.4 Å². The summed E-state index contributed by atoms with van der Waals surface area (Å²) in [5.41, 5.74) is 0.656. The molecule has 0 bridgehead atoms. The van der Waals surface area contributed by atoms with Crippen molar-refractivity contribution in [2.75, 3.05) is 0 Å². The standard InChI is InChI=1S/C13H9NO2.ClH/c15-12-4-3-8-7-11-9(2-1-5-14-11)6-10(8)13(12)16;/h1-7,14-15H;1H. The van der Waals surface area contributed by atoms with Crippen LogP contribution >= 0.6 is 12.4 Å². The Labute approximate surface area is 103 Å². The lowest BCUT2D eigenvalue weighted by Crippen LogP contribution is -1.99. The van der Waals surface area contributed by atoms with Gasteiger partial charge < -0.3 is 10.1 Å². The summed E-state index contributed by atoms with van der Waals surface area (Å²) in [6.07, 6.45) is 1.84. The average molecular weight is 248 g/mol. The number of H-pyrrole nitrogens is 1. The van der Waals surface area contributed by atoms with E-state index in [0.717, 1.165) is 16.3 Å². The molecule has 0 aliphatic heterocycles.